The van der Waals surface area contributed by atoms with Crippen LogP contribution in [0.4, 0.5) is 0 Å². The molecule has 0 spiro atoms. The molecule has 2 aromatic rings. The van der Waals surface area contributed by atoms with Gasteiger partial charge in [0, 0.05) is 30.4 Å². The largest absolute Gasteiger partial charge is 0.508 e. The van der Waals surface area contributed by atoms with E-state index in [0.717, 1.165) is 36.8 Å². The van der Waals surface area contributed by atoms with Crippen LogP contribution in [0.25, 0.3) is 6.08 Å². The second kappa shape index (κ2) is 11.2. The van der Waals surface area contributed by atoms with Gasteiger partial charge < -0.3 is 29.7 Å². The molecule has 0 aromatic heterocycles. The number of allylic oxidation sites excluding steroid dienone is 1. The monoisotopic (exact) mass is 545 g/mol. The zero-order chi connectivity index (χ0) is 27.7. The van der Waals surface area contributed by atoms with Crippen molar-refractivity contribution < 1.29 is 34.0 Å². The Kier molecular flexibility index (Phi) is 7.49. The first kappa shape index (κ1) is 26.7. The van der Waals surface area contributed by atoms with E-state index in [4.69, 9.17) is 19.3 Å². The number of aromatic hydroxyl groups is 1. The van der Waals surface area contributed by atoms with Crippen molar-refractivity contribution in [3.8, 4) is 5.75 Å². The highest BCUT2D eigenvalue weighted by atomic mass is 16.8. The number of ether oxygens (including phenoxy) is 3. The Hall–Kier alpha value is -3.46. The number of aliphatic hydroxyl groups is 1. The molecule has 0 bridgehead atoms. The second-order valence-corrected chi connectivity index (χ2v) is 11.1. The Balaban J connectivity index is 1.15. The number of esters is 1. The third kappa shape index (κ3) is 5.57. The number of phenols is 1. The number of amides is 1. The van der Waals surface area contributed by atoms with Gasteiger partial charge in [-0.3, -0.25) is 4.79 Å². The lowest BCUT2D eigenvalue weighted by Crippen LogP contribution is -2.44. The summed E-state index contributed by atoms with van der Waals surface area (Å²) in [6, 6.07) is 14.3. The van der Waals surface area contributed by atoms with E-state index < -0.39 is 30.1 Å². The Labute approximate surface area is 233 Å². The summed E-state index contributed by atoms with van der Waals surface area (Å²) >= 11 is 0. The van der Waals surface area contributed by atoms with E-state index in [1.165, 1.54) is 0 Å². The SMILES string of the molecule is O=C(NCCO)C1=CC2OC(C3CC3)(C3CC3)OC2C(OC(=O)c2ccc(C=CCc3ccccc3O)cc2)C1. The number of benzene rings is 2. The minimum Gasteiger partial charge on any atom is -0.508 e. The first-order valence-electron chi connectivity index (χ1n) is 14.2. The highest BCUT2D eigenvalue weighted by Crippen LogP contribution is 2.59. The molecular weight excluding hydrogens is 510 g/mol. The lowest BCUT2D eigenvalue weighted by Gasteiger charge is -2.31. The maximum atomic E-state index is 13.2. The maximum absolute atomic E-state index is 13.2. The number of fused-ring (bicyclic) bond motifs is 1. The van der Waals surface area contributed by atoms with Gasteiger partial charge >= 0.3 is 5.97 Å². The van der Waals surface area contributed by atoms with Gasteiger partial charge in [-0.15, -0.1) is 0 Å². The van der Waals surface area contributed by atoms with Crippen molar-refractivity contribution >= 4 is 18.0 Å². The van der Waals surface area contributed by atoms with Gasteiger partial charge in [0.15, 0.2) is 5.79 Å². The van der Waals surface area contributed by atoms with Crippen LogP contribution >= 0.6 is 0 Å². The third-order valence-corrected chi connectivity index (χ3v) is 8.14. The van der Waals surface area contributed by atoms with Gasteiger partial charge in [0.05, 0.1) is 12.2 Å². The number of nitrogens with one attached hydrogen (secondary N) is 1. The first-order valence-corrected chi connectivity index (χ1v) is 14.2. The molecule has 6 rings (SSSR count). The van der Waals surface area contributed by atoms with E-state index in [9.17, 15) is 14.7 Å². The molecule has 8 heteroatoms. The molecule has 3 unspecified atom stereocenters. The number of rotatable bonds is 10. The molecule has 0 radical (unpaired) electrons. The summed E-state index contributed by atoms with van der Waals surface area (Å²) < 4.78 is 19.2. The van der Waals surface area contributed by atoms with Crippen molar-refractivity contribution in [2.24, 2.45) is 11.8 Å². The minimum absolute atomic E-state index is 0.146. The predicted octanol–water partition coefficient (Wildman–Crippen LogP) is 3.91. The molecule has 3 aliphatic carbocycles. The van der Waals surface area contributed by atoms with Crippen LogP contribution in [-0.2, 0) is 25.4 Å². The number of carbonyl (C=O) groups excluding carboxylic acids is 2. The van der Waals surface area contributed by atoms with Crippen molar-refractivity contribution in [2.45, 2.75) is 62.6 Å². The van der Waals surface area contributed by atoms with E-state index >= 15 is 0 Å². The molecule has 1 saturated heterocycles. The van der Waals surface area contributed by atoms with E-state index in [-0.39, 0.29) is 31.2 Å². The van der Waals surface area contributed by atoms with E-state index in [0.29, 0.717) is 29.4 Å². The number of aliphatic hydroxyl groups excluding tert-OH is 1. The summed E-state index contributed by atoms with van der Waals surface area (Å²) in [5.41, 5.74) is 2.64. The average molecular weight is 546 g/mol. The third-order valence-electron chi connectivity index (χ3n) is 8.14. The van der Waals surface area contributed by atoms with Crippen molar-refractivity contribution in [3.05, 3.63) is 82.9 Å². The van der Waals surface area contributed by atoms with Gasteiger partial charge in [0.25, 0.3) is 0 Å². The number of hydrogen-bond donors (Lipinski definition) is 3. The van der Waals surface area contributed by atoms with E-state index in [1.807, 2.05) is 42.5 Å². The molecule has 4 aliphatic rings. The zero-order valence-electron chi connectivity index (χ0n) is 22.3. The number of para-hydroxylation sites is 1. The quantitative estimate of drug-likeness (QED) is 0.388. The fourth-order valence-corrected chi connectivity index (χ4v) is 5.79. The van der Waals surface area contributed by atoms with Gasteiger partial charge in [0.1, 0.15) is 24.1 Å². The van der Waals surface area contributed by atoms with Crippen LogP contribution in [0.3, 0.4) is 0 Å². The van der Waals surface area contributed by atoms with Crippen LogP contribution in [0.2, 0.25) is 0 Å². The van der Waals surface area contributed by atoms with Gasteiger partial charge in [-0.2, -0.15) is 0 Å². The van der Waals surface area contributed by atoms with Gasteiger partial charge in [-0.1, -0.05) is 42.5 Å². The highest BCUT2D eigenvalue weighted by molar-refractivity contribution is 5.94. The van der Waals surface area contributed by atoms with E-state index in [2.05, 4.69) is 5.32 Å². The molecule has 3 fully saturated rings. The molecule has 3 atom stereocenters. The van der Waals surface area contributed by atoms with Gasteiger partial charge in [-0.25, -0.2) is 4.79 Å². The molecule has 1 amide bonds. The van der Waals surface area contributed by atoms with Crippen LogP contribution in [0.5, 0.6) is 5.75 Å². The summed E-state index contributed by atoms with van der Waals surface area (Å²) in [6.07, 6.45) is 9.12. The number of phenolic OH excluding ortho intramolecular Hbond substituents is 1. The van der Waals surface area contributed by atoms with Crippen molar-refractivity contribution in [2.75, 3.05) is 13.2 Å². The standard InChI is InChI=1S/C32H35NO7/c34-17-16-33-30(36)23-18-27(29-28(19-23)39-32(40-29,24-12-13-24)25-14-15-25)38-31(37)22-10-8-20(9-11-22)4-3-6-21-5-1-2-7-26(21)35/h1-5,7-11,19,24-25,27-29,34-35H,6,12-18H2,(H,33,36). The lowest BCUT2D eigenvalue weighted by molar-refractivity contribution is -0.209. The molecule has 1 aliphatic heterocycles. The normalized spacial score (nSPS) is 25.3. The molecule has 210 valence electrons. The van der Waals surface area contributed by atoms with Crippen LogP contribution < -0.4 is 5.32 Å². The molecule has 8 nitrogen and oxygen atoms in total. The van der Waals surface area contributed by atoms with Crippen LogP contribution in [0, 0.1) is 11.8 Å². The summed E-state index contributed by atoms with van der Waals surface area (Å²) in [6.45, 7) is -0.0110. The topological polar surface area (TPSA) is 114 Å². The van der Waals surface area contributed by atoms with Crippen molar-refractivity contribution in [1.29, 1.82) is 0 Å². The second-order valence-electron chi connectivity index (χ2n) is 11.1. The molecular formula is C32H35NO7. The summed E-state index contributed by atoms with van der Waals surface area (Å²) in [5, 5.41) is 21.8. The Morgan fingerprint density at radius 1 is 1.02 bits per heavy atom. The summed E-state index contributed by atoms with van der Waals surface area (Å²) in [7, 11) is 0. The lowest BCUT2D eigenvalue weighted by atomic mass is 9.91. The number of carbonyl (C=O) groups is 2. The molecule has 3 N–H and O–H groups in total. The zero-order valence-corrected chi connectivity index (χ0v) is 22.3. The highest BCUT2D eigenvalue weighted by Gasteiger charge is 2.64. The maximum Gasteiger partial charge on any atom is 0.338 e. The molecule has 40 heavy (non-hydrogen) atoms. The van der Waals surface area contributed by atoms with Crippen LogP contribution in [0.1, 0.15) is 53.6 Å². The summed E-state index contributed by atoms with van der Waals surface area (Å²) in [5.74, 6) is -0.487. The Bertz CT molecular complexity index is 1300. The van der Waals surface area contributed by atoms with Gasteiger partial charge in [0.2, 0.25) is 5.91 Å². The summed E-state index contributed by atoms with van der Waals surface area (Å²) in [4.78, 5) is 26.0. The fraction of sp³-hybridized carbons (Fsp3) is 0.438. The smallest absolute Gasteiger partial charge is 0.338 e. The van der Waals surface area contributed by atoms with Crippen molar-refractivity contribution in [3.63, 3.8) is 0 Å². The first-order chi connectivity index (χ1) is 19.5. The van der Waals surface area contributed by atoms with Gasteiger partial charge in [-0.05, 0) is 67.5 Å². The number of hydrogen-bond acceptors (Lipinski definition) is 7. The van der Waals surface area contributed by atoms with Crippen LogP contribution in [0.15, 0.2) is 66.3 Å². The van der Waals surface area contributed by atoms with E-state index in [1.54, 1.807) is 24.3 Å². The molecule has 2 saturated carbocycles. The molecule has 2 aromatic carbocycles. The Morgan fingerprint density at radius 2 is 1.75 bits per heavy atom. The fourth-order valence-electron chi connectivity index (χ4n) is 5.79. The van der Waals surface area contributed by atoms with Crippen molar-refractivity contribution in [1.82, 2.24) is 5.32 Å². The minimum atomic E-state index is -0.671. The molecule has 1 heterocycles. The average Bonchev–Trinajstić information content (AvgIpc) is 3.90. The Morgan fingerprint density at radius 3 is 2.42 bits per heavy atom. The predicted molar refractivity (Wildman–Crippen MR) is 147 cm³/mol. The van der Waals surface area contributed by atoms with Crippen LogP contribution in [-0.4, -0.2) is 59.3 Å².